The molecule has 0 heterocycles. The minimum absolute atomic E-state index is 0.0190. The molecule has 0 radical (unpaired) electrons. The van der Waals surface area contributed by atoms with Crippen LogP contribution in [0.25, 0.3) is 0 Å². The molecular weight excluding hydrogens is 228 g/mol. The Morgan fingerprint density at radius 3 is 1.88 bits per heavy atom. The molecule has 1 aromatic carbocycles. The standard InChI is InChI=1S/C11H8O6/c12-8(6-4-2-1-3-5-6)7(10(14)15)9(13)11(16)17/h1-5,7H,(H,14,15)(H,16,17). The number of Topliss-reactive ketones (excluding diaryl/α,β-unsaturated/α-hetero) is 2. The van der Waals surface area contributed by atoms with Gasteiger partial charge in [-0.2, -0.15) is 0 Å². The van der Waals surface area contributed by atoms with E-state index in [2.05, 4.69) is 0 Å². The Bertz CT molecular complexity index is 476. The maximum atomic E-state index is 11.7. The number of carboxylic acids is 2. The molecule has 0 aromatic heterocycles. The molecule has 0 aliphatic heterocycles. The van der Waals surface area contributed by atoms with E-state index < -0.39 is 29.4 Å². The normalized spacial score (nSPS) is 11.5. The van der Waals surface area contributed by atoms with Crippen molar-refractivity contribution in [2.75, 3.05) is 0 Å². The van der Waals surface area contributed by atoms with Crippen LogP contribution in [0.2, 0.25) is 0 Å². The van der Waals surface area contributed by atoms with Crippen LogP contribution in [-0.2, 0) is 14.4 Å². The third-order valence-corrected chi connectivity index (χ3v) is 2.04. The van der Waals surface area contributed by atoms with Gasteiger partial charge in [0.25, 0.3) is 5.78 Å². The lowest BCUT2D eigenvalue weighted by Gasteiger charge is -2.07. The zero-order valence-corrected chi connectivity index (χ0v) is 8.49. The van der Waals surface area contributed by atoms with E-state index in [-0.39, 0.29) is 5.56 Å². The first-order valence-corrected chi connectivity index (χ1v) is 4.54. The summed E-state index contributed by atoms with van der Waals surface area (Å²) >= 11 is 0. The Balaban J connectivity index is 3.10. The SMILES string of the molecule is O=C(O)C(=O)C(C(=O)O)C(=O)c1ccccc1. The van der Waals surface area contributed by atoms with E-state index in [4.69, 9.17) is 10.2 Å². The zero-order valence-electron chi connectivity index (χ0n) is 8.49. The van der Waals surface area contributed by atoms with Crippen LogP contribution in [-0.4, -0.2) is 33.7 Å². The number of carbonyl (C=O) groups excluding carboxylic acids is 2. The van der Waals surface area contributed by atoms with Gasteiger partial charge in [0.1, 0.15) is 0 Å². The van der Waals surface area contributed by atoms with Crippen molar-refractivity contribution in [2.45, 2.75) is 0 Å². The summed E-state index contributed by atoms with van der Waals surface area (Å²) < 4.78 is 0. The molecule has 88 valence electrons. The number of hydrogen-bond donors (Lipinski definition) is 2. The van der Waals surface area contributed by atoms with Crippen molar-refractivity contribution in [3.05, 3.63) is 35.9 Å². The second-order valence-corrected chi connectivity index (χ2v) is 3.17. The topological polar surface area (TPSA) is 109 Å². The average molecular weight is 236 g/mol. The summed E-state index contributed by atoms with van der Waals surface area (Å²) in [5.41, 5.74) is -0.0190. The summed E-state index contributed by atoms with van der Waals surface area (Å²) in [6.45, 7) is 0. The van der Waals surface area contributed by atoms with Crippen molar-refractivity contribution in [3.8, 4) is 0 Å². The molecule has 0 aliphatic rings. The van der Waals surface area contributed by atoms with E-state index in [1.165, 1.54) is 24.3 Å². The number of hydrogen-bond acceptors (Lipinski definition) is 4. The molecule has 0 saturated heterocycles. The predicted molar refractivity (Wildman–Crippen MR) is 54.5 cm³/mol. The molecule has 0 bridgehead atoms. The van der Waals surface area contributed by atoms with Gasteiger partial charge in [-0.3, -0.25) is 14.4 Å². The first kappa shape index (κ1) is 12.6. The fourth-order valence-corrected chi connectivity index (χ4v) is 1.24. The van der Waals surface area contributed by atoms with Crippen molar-refractivity contribution in [1.82, 2.24) is 0 Å². The second kappa shape index (κ2) is 5.02. The second-order valence-electron chi connectivity index (χ2n) is 3.17. The summed E-state index contributed by atoms with van der Waals surface area (Å²) in [7, 11) is 0. The Hall–Kier alpha value is -2.50. The molecule has 2 N–H and O–H groups in total. The van der Waals surface area contributed by atoms with Gasteiger partial charge in [-0.1, -0.05) is 30.3 Å². The first-order chi connectivity index (χ1) is 7.95. The fourth-order valence-electron chi connectivity index (χ4n) is 1.24. The van der Waals surface area contributed by atoms with Crippen molar-refractivity contribution < 1.29 is 29.4 Å². The highest BCUT2D eigenvalue weighted by atomic mass is 16.4. The minimum atomic E-state index is -2.20. The molecule has 0 aliphatic carbocycles. The van der Waals surface area contributed by atoms with Crippen LogP contribution < -0.4 is 0 Å². The number of rotatable bonds is 5. The highest BCUT2D eigenvalue weighted by Crippen LogP contribution is 2.10. The first-order valence-electron chi connectivity index (χ1n) is 4.54. The molecule has 0 fully saturated rings. The van der Waals surface area contributed by atoms with Gasteiger partial charge in [-0.25, -0.2) is 4.79 Å². The summed E-state index contributed by atoms with van der Waals surface area (Å²) in [5, 5.41) is 17.2. The zero-order chi connectivity index (χ0) is 13.0. The van der Waals surface area contributed by atoms with Gasteiger partial charge in [0.15, 0.2) is 11.7 Å². The van der Waals surface area contributed by atoms with Gasteiger partial charge in [0.05, 0.1) is 0 Å². The molecule has 6 nitrogen and oxygen atoms in total. The molecule has 1 atom stereocenters. The Labute approximate surface area is 95.5 Å². The van der Waals surface area contributed by atoms with Crippen LogP contribution in [0.1, 0.15) is 10.4 Å². The number of benzene rings is 1. The molecule has 1 rings (SSSR count). The summed E-state index contributed by atoms with van der Waals surface area (Å²) in [6.07, 6.45) is 0. The summed E-state index contributed by atoms with van der Waals surface area (Å²) in [6, 6.07) is 7.20. The smallest absolute Gasteiger partial charge is 0.373 e. The highest BCUT2D eigenvalue weighted by molar-refractivity contribution is 6.43. The monoisotopic (exact) mass is 236 g/mol. The largest absolute Gasteiger partial charge is 0.480 e. The average Bonchev–Trinajstić information content (AvgIpc) is 2.29. The Morgan fingerprint density at radius 2 is 1.47 bits per heavy atom. The Kier molecular flexibility index (Phi) is 3.71. The van der Waals surface area contributed by atoms with Crippen LogP contribution >= 0.6 is 0 Å². The van der Waals surface area contributed by atoms with Crippen LogP contribution in [0, 0.1) is 5.92 Å². The van der Waals surface area contributed by atoms with Gasteiger partial charge in [-0.05, 0) is 0 Å². The maximum Gasteiger partial charge on any atom is 0.373 e. The predicted octanol–water partition coefficient (Wildman–Crippen LogP) is 0.224. The molecule has 0 amide bonds. The van der Waals surface area contributed by atoms with E-state index in [1.807, 2.05) is 0 Å². The minimum Gasteiger partial charge on any atom is -0.480 e. The van der Waals surface area contributed by atoms with Crippen LogP contribution in [0.15, 0.2) is 30.3 Å². The van der Waals surface area contributed by atoms with Crippen LogP contribution in [0.4, 0.5) is 0 Å². The van der Waals surface area contributed by atoms with E-state index in [0.29, 0.717) is 0 Å². The van der Waals surface area contributed by atoms with E-state index >= 15 is 0 Å². The van der Waals surface area contributed by atoms with Gasteiger partial charge in [0.2, 0.25) is 0 Å². The number of carbonyl (C=O) groups is 4. The molecule has 0 spiro atoms. The fraction of sp³-hybridized carbons (Fsp3) is 0.0909. The maximum absolute atomic E-state index is 11.7. The van der Waals surface area contributed by atoms with Gasteiger partial charge in [0, 0.05) is 5.56 Å². The van der Waals surface area contributed by atoms with Gasteiger partial charge in [-0.15, -0.1) is 0 Å². The van der Waals surface area contributed by atoms with Gasteiger partial charge >= 0.3 is 11.9 Å². The Morgan fingerprint density at radius 1 is 0.941 bits per heavy atom. The van der Waals surface area contributed by atoms with Crippen molar-refractivity contribution in [1.29, 1.82) is 0 Å². The molecule has 1 unspecified atom stereocenters. The summed E-state index contributed by atoms with van der Waals surface area (Å²) in [5.74, 6) is -8.60. The van der Waals surface area contributed by atoms with Crippen molar-refractivity contribution >= 4 is 23.5 Å². The molecule has 6 heteroatoms. The number of carboxylic acid groups (broad SMARTS) is 2. The van der Waals surface area contributed by atoms with Crippen LogP contribution in [0.5, 0.6) is 0 Å². The van der Waals surface area contributed by atoms with E-state index in [0.717, 1.165) is 0 Å². The molecule has 1 aromatic rings. The lowest BCUT2D eigenvalue weighted by Crippen LogP contribution is -2.36. The lowest BCUT2D eigenvalue weighted by atomic mass is 9.94. The lowest BCUT2D eigenvalue weighted by molar-refractivity contribution is -0.155. The van der Waals surface area contributed by atoms with Crippen molar-refractivity contribution in [2.24, 2.45) is 5.92 Å². The third kappa shape index (κ3) is 2.75. The third-order valence-electron chi connectivity index (χ3n) is 2.04. The van der Waals surface area contributed by atoms with Crippen molar-refractivity contribution in [3.63, 3.8) is 0 Å². The summed E-state index contributed by atoms with van der Waals surface area (Å²) in [4.78, 5) is 43.9. The number of ketones is 2. The van der Waals surface area contributed by atoms with Gasteiger partial charge < -0.3 is 10.2 Å². The number of aliphatic carboxylic acids is 2. The van der Waals surface area contributed by atoms with E-state index in [9.17, 15) is 19.2 Å². The van der Waals surface area contributed by atoms with Crippen LogP contribution in [0.3, 0.4) is 0 Å². The quantitative estimate of drug-likeness (QED) is 0.430. The highest BCUT2D eigenvalue weighted by Gasteiger charge is 2.38. The van der Waals surface area contributed by atoms with E-state index in [1.54, 1.807) is 6.07 Å². The molecule has 17 heavy (non-hydrogen) atoms. The molecule has 0 saturated carbocycles. The molecular formula is C11H8O6.